The molecule has 0 saturated carbocycles. The molecule has 0 N–H and O–H groups in total. The van der Waals surface area contributed by atoms with Gasteiger partial charge >= 0.3 is 0 Å². The third-order valence-corrected chi connectivity index (χ3v) is 5.47. The summed E-state index contributed by atoms with van der Waals surface area (Å²) in [4.78, 5) is 36.7. The van der Waals surface area contributed by atoms with Crippen molar-refractivity contribution in [1.82, 2.24) is 29.5 Å². The zero-order valence-corrected chi connectivity index (χ0v) is 15.2. The van der Waals surface area contributed by atoms with Gasteiger partial charge in [-0.1, -0.05) is 5.16 Å². The third kappa shape index (κ3) is 2.82. The summed E-state index contributed by atoms with van der Waals surface area (Å²) in [6.45, 7) is 7.09. The fourth-order valence-electron chi connectivity index (χ4n) is 3.85. The van der Waals surface area contributed by atoms with Crippen LogP contribution >= 0.6 is 0 Å². The standard InChI is InChI=1S/C17H22N6O3/c1-11(15-19-12(2)26-20-15)22-5-4-17(7-22)8-23(9-17)16(25)13-6-14(24)21(3)10-18-13/h6,10-11H,4-5,7-9H2,1-3H3. The van der Waals surface area contributed by atoms with Crippen LogP contribution in [0.15, 0.2) is 21.7 Å². The number of carbonyl (C=O) groups is 1. The molecule has 4 heterocycles. The molecule has 9 heteroatoms. The van der Waals surface area contributed by atoms with Gasteiger partial charge in [-0.2, -0.15) is 4.98 Å². The van der Waals surface area contributed by atoms with Gasteiger partial charge in [-0.15, -0.1) is 0 Å². The van der Waals surface area contributed by atoms with E-state index in [1.165, 1.54) is 17.0 Å². The Bertz CT molecular complexity index is 898. The number of hydrogen-bond donors (Lipinski definition) is 0. The summed E-state index contributed by atoms with van der Waals surface area (Å²) in [6.07, 6.45) is 2.42. The summed E-state index contributed by atoms with van der Waals surface area (Å²) >= 11 is 0. The molecule has 0 radical (unpaired) electrons. The third-order valence-electron chi connectivity index (χ3n) is 5.47. The van der Waals surface area contributed by atoms with Gasteiger partial charge in [-0.25, -0.2) is 4.98 Å². The lowest BCUT2D eigenvalue weighted by molar-refractivity contribution is 0.00814. The molecule has 26 heavy (non-hydrogen) atoms. The Kier molecular flexibility index (Phi) is 3.91. The summed E-state index contributed by atoms with van der Waals surface area (Å²) in [5.41, 5.74) is 0.103. The van der Waals surface area contributed by atoms with E-state index < -0.39 is 0 Å². The zero-order valence-electron chi connectivity index (χ0n) is 15.2. The molecule has 0 bridgehead atoms. The van der Waals surface area contributed by atoms with E-state index in [1.807, 2.05) is 0 Å². The number of hydrogen-bond acceptors (Lipinski definition) is 7. The number of aryl methyl sites for hydroxylation is 2. The molecule has 4 rings (SSSR count). The van der Waals surface area contributed by atoms with Gasteiger partial charge in [0.25, 0.3) is 11.5 Å². The Labute approximate surface area is 150 Å². The smallest absolute Gasteiger partial charge is 0.272 e. The van der Waals surface area contributed by atoms with E-state index in [4.69, 9.17) is 4.52 Å². The fraction of sp³-hybridized carbons (Fsp3) is 0.588. The summed E-state index contributed by atoms with van der Waals surface area (Å²) in [7, 11) is 1.61. The second kappa shape index (κ2) is 6.01. The van der Waals surface area contributed by atoms with Crippen molar-refractivity contribution >= 4 is 5.91 Å². The Morgan fingerprint density at radius 2 is 2.12 bits per heavy atom. The first-order chi connectivity index (χ1) is 12.4. The summed E-state index contributed by atoms with van der Waals surface area (Å²) in [5, 5.41) is 4.02. The van der Waals surface area contributed by atoms with Crippen molar-refractivity contribution in [3.8, 4) is 0 Å². The molecule has 1 amide bonds. The van der Waals surface area contributed by atoms with Crippen LogP contribution in [0, 0.1) is 12.3 Å². The van der Waals surface area contributed by atoms with E-state index in [1.54, 1.807) is 18.9 Å². The Morgan fingerprint density at radius 1 is 1.35 bits per heavy atom. The summed E-state index contributed by atoms with van der Waals surface area (Å²) < 4.78 is 6.43. The number of aromatic nitrogens is 4. The number of carbonyl (C=O) groups excluding carboxylic acids is 1. The van der Waals surface area contributed by atoms with Crippen molar-refractivity contribution in [2.24, 2.45) is 12.5 Å². The Hall–Kier alpha value is -2.55. The maximum Gasteiger partial charge on any atom is 0.272 e. The number of nitrogens with zero attached hydrogens (tertiary/aromatic N) is 6. The van der Waals surface area contributed by atoms with Crippen molar-refractivity contribution in [2.75, 3.05) is 26.2 Å². The maximum absolute atomic E-state index is 12.5. The molecule has 2 fully saturated rings. The highest BCUT2D eigenvalue weighted by Crippen LogP contribution is 2.42. The monoisotopic (exact) mass is 358 g/mol. The van der Waals surface area contributed by atoms with Crippen molar-refractivity contribution in [2.45, 2.75) is 26.3 Å². The van der Waals surface area contributed by atoms with E-state index >= 15 is 0 Å². The first-order valence-electron chi connectivity index (χ1n) is 8.73. The average Bonchev–Trinajstić information content (AvgIpc) is 3.21. The van der Waals surface area contributed by atoms with E-state index in [9.17, 15) is 9.59 Å². The number of rotatable bonds is 3. The van der Waals surface area contributed by atoms with Crippen molar-refractivity contribution in [1.29, 1.82) is 0 Å². The van der Waals surface area contributed by atoms with Gasteiger partial charge < -0.3 is 14.0 Å². The van der Waals surface area contributed by atoms with Crippen LogP contribution in [-0.2, 0) is 7.05 Å². The van der Waals surface area contributed by atoms with Crippen LogP contribution < -0.4 is 5.56 Å². The van der Waals surface area contributed by atoms with Crippen molar-refractivity contribution in [3.05, 3.63) is 40.2 Å². The predicted molar refractivity (Wildman–Crippen MR) is 91.5 cm³/mol. The molecule has 1 spiro atoms. The van der Waals surface area contributed by atoms with Gasteiger partial charge in [-0.3, -0.25) is 14.5 Å². The van der Waals surface area contributed by atoms with Crippen LogP contribution in [-0.4, -0.2) is 61.6 Å². The van der Waals surface area contributed by atoms with E-state index in [0.29, 0.717) is 24.8 Å². The second-order valence-electron chi connectivity index (χ2n) is 7.45. The molecule has 2 aromatic rings. The molecule has 1 unspecified atom stereocenters. The van der Waals surface area contributed by atoms with E-state index in [-0.39, 0.29) is 28.6 Å². The topological polar surface area (TPSA) is 97.4 Å². The largest absolute Gasteiger partial charge is 0.340 e. The molecule has 138 valence electrons. The summed E-state index contributed by atoms with van der Waals surface area (Å²) in [6, 6.07) is 1.39. The Morgan fingerprint density at radius 3 is 2.77 bits per heavy atom. The predicted octanol–water partition coefficient (Wildman–Crippen LogP) is 0.381. The quantitative estimate of drug-likeness (QED) is 0.782. The molecular weight excluding hydrogens is 336 g/mol. The van der Waals surface area contributed by atoms with Crippen molar-refractivity contribution < 1.29 is 9.32 Å². The van der Waals surface area contributed by atoms with Crippen LogP contribution in [0.4, 0.5) is 0 Å². The van der Waals surface area contributed by atoms with Crippen LogP contribution in [0.3, 0.4) is 0 Å². The van der Waals surface area contributed by atoms with E-state index in [0.717, 1.165) is 19.5 Å². The van der Waals surface area contributed by atoms with Gasteiger partial charge in [0.2, 0.25) is 5.89 Å². The highest BCUT2D eigenvalue weighted by atomic mass is 16.5. The SMILES string of the molecule is Cc1nc(C(C)N2CCC3(CN(C(=O)c4cc(=O)n(C)cn4)C3)C2)no1. The molecule has 2 aliphatic rings. The molecular formula is C17H22N6O3. The Balaban J connectivity index is 1.39. The number of likely N-dealkylation sites (tertiary alicyclic amines) is 2. The maximum atomic E-state index is 12.5. The van der Waals surface area contributed by atoms with Crippen LogP contribution in [0.1, 0.15) is 41.6 Å². The molecule has 2 saturated heterocycles. The highest BCUT2D eigenvalue weighted by Gasteiger charge is 2.50. The lowest BCUT2D eigenvalue weighted by Crippen LogP contribution is -2.59. The van der Waals surface area contributed by atoms with Crippen LogP contribution in [0.2, 0.25) is 0 Å². The molecule has 0 aromatic carbocycles. The lowest BCUT2D eigenvalue weighted by atomic mass is 9.79. The summed E-state index contributed by atoms with van der Waals surface area (Å²) in [5.74, 6) is 1.10. The van der Waals surface area contributed by atoms with Gasteiger partial charge in [0.1, 0.15) is 5.69 Å². The average molecular weight is 358 g/mol. The minimum Gasteiger partial charge on any atom is -0.340 e. The molecule has 1 atom stereocenters. The van der Waals surface area contributed by atoms with Crippen LogP contribution in [0.25, 0.3) is 0 Å². The van der Waals surface area contributed by atoms with Gasteiger partial charge in [0, 0.05) is 45.1 Å². The van der Waals surface area contributed by atoms with E-state index in [2.05, 4.69) is 26.9 Å². The highest BCUT2D eigenvalue weighted by molar-refractivity contribution is 5.92. The van der Waals surface area contributed by atoms with Crippen molar-refractivity contribution in [3.63, 3.8) is 0 Å². The van der Waals surface area contributed by atoms with Crippen LogP contribution in [0.5, 0.6) is 0 Å². The fourth-order valence-corrected chi connectivity index (χ4v) is 3.85. The zero-order chi connectivity index (χ0) is 18.5. The first kappa shape index (κ1) is 16.9. The molecule has 9 nitrogen and oxygen atoms in total. The molecule has 2 aromatic heterocycles. The lowest BCUT2D eigenvalue weighted by Gasteiger charge is -2.48. The first-order valence-corrected chi connectivity index (χ1v) is 8.73. The minimum absolute atomic E-state index is 0.0930. The van der Waals surface area contributed by atoms with Gasteiger partial charge in [0.15, 0.2) is 5.82 Å². The van der Waals surface area contributed by atoms with Gasteiger partial charge in [-0.05, 0) is 19.9 Å². The minimum atomic E-state index is -0.227. The number of amides is 1. The molecule has 2 aliphatic heterocycles. The second-order valence-corrected chi connectivity index (χ2v) is 7.45. The van der Waals surface area contributed by atoms with Gasteiger partial charge in [0.05, 0.1) is 12.4 Å². The molecule has 0 aliphatic carbocycles. The normalized spacial score (nSPS) is 20.3.